The normalized spacial score (nSPS) is 18.1. The Morgan fingerprint density at radius 1 is 1.00 bits per heavy atom. The third kappa shape index (κ3) is 2.70. The van der Waals surface area contributed by atoms with Crippen LogP contribution in [-0.2, 0) is 10.2 Å². The largest absolute Gasteiger partial charge is 0.343 e. The summed E-state index contributed by atoms with van der Waals surface area (Å²) in [6.45, 7) is 5.95. The molecule has 0 bridgehead atoms. The lowest BCUT2D eigenvalue weighted by Crippen LogP contribution is -2.47. The van der Waals surface area contributed by atoms with Crippen molar-refractivity contribution in [3.63, 3.8) is 0 Å². The first-order valence-corrected chi connectivity index (χ1v) is 9.24. The topological polar surface area (TPSA) is 40.6 Å². The molecule has 2 amide bonds. The Morgan fingerprint density at radius 2 is 1.69 bits per heavy atom. The predicted molar refractivity (Wildman–Crippen MR) is 102 cm³/mol. The van der Waals surface area contributed by atoms with Crippen LogP contribution >= 0.6 is 0 Å². The van der Waals surface area contributed by atoms with Crippen LogP contribution in [0.15, 0.2) is 48.5 Å². The Bertz CT molecular complexity index is 852. The minimum absolute atomic E-state index is 0.0439. The highest BCUT2D eigenvalue weighted by Gasteiger charge is 2.46. The number of rotatable bonds is 1. The number of likely N-dealkylation sites (tertiary alicyclic amines) is 1. The predicted octanol–water partition coefficient (Wildman–Crippen LogP) is 3.54. The van der Waals surface area contributed by atoms with Crippen molar-refractivity contribution in [2.45, 2.75) is 32.1 Å². The molecule has 134 valence electrons. The van der Waals surface area contributed by atoms with Gasteiger partial charge in [-0.05, 0) is 43.5 Å². The van der Waals surface area contributed by atoms with Gasteiger partial charge in [0, 0.05) is 43.2 Å². The molecule has 0 radical (unpaired) electrons. The van der Waals surface area contributed by atoms with E-state index in [1.807, 2.05) is 40.1 Å². The molecule has 0 atom stereocenters. The average molecular weight is 348 g/mol. The molecule has 2 aromatic carbocycles. The molecule has 2 aliphatic heterocycles. The zero-order chi connectivity index (χ0) is 18.3. The number of aryl methyl sites for hydroxylation is 1. The van der Waals surface area contributed by atoms with Crippen LogP contribution in [0.25, 0.3) is 0 Å². The molecule has 0 aliphatic carbocycles. The zero-order valence-corrected chi connectivity index (χ0v) is 15.4. The number of piperidine rings is 1. The lowest BCUT2D eigenvalue weighted by Gasteiger charge is -2.39. The molecule has 2 aromatic rings. The van der Waals surface area contributed by atoms with Crippen LogP contribution in [0, 0.1) is 6.92 Å². The standard InChI is InChI=1S/C22H24N2O2/c1-16-8-9-20-19(14-16)22(10-12-23(13-11-22)17(2)25)15-24(20)21(26)18-6-4-3-5-7-18/h3-9,14H,10-13,15H2,1-2H3. The molecule has 2 aliphatic rings. The van der Waals surface area contributed by atoms with Crippen LogP contribution in [-0.4, -0.2) is 36.3 Å². The number of hydrogen-bond donors (Lipinski definition) is 0. The Hall–Kier alpha value is -2.62. The molecular formula is C22H24N2O2. The number of carbonyl (C=O) groups excluding carboxylic acids is 2. The van der Waals surface area contributed by atoms with Crippen molar-refractivity contribution < 1.29 is 9.59 Å². The van der Waals surface area contributed by atoms with Crippen molar-refractivity contribution in [2.24, 2.45) is 0 Å². The van der Waals surface area contributed by atoms with Gasteiger partial charge in [-0.3, -0.25) is 9.59 Å². The fourth-order valence-electron chi connectivity index (χ4n) is 4.38. The molecule has 1 fully saturated rings. The molecule has 4 nitrogen and oxygen atoms in total. The van der Waals surface area contributed by atoms with Crippen molar-refractivity contribution in [2.75, 3.05) is 24.5 Å². The molecule has 1 spiro atoms. The molecule has 2 heterocycles. The average Bonchev–Trinajstić information content (AvgIpc) is 2.96. The van der Waals surface area contributed by atoms with Crippen LogP contribution in [0.3, 0.4) is 0 Å². The summed E-state index contributed by atoms with van der Waals surface area (Å²) in [5.74, 6) is 0.195. The van der Waals surface area contributed by atoms with Crippen LogP contribution in [0.1, 0.15) is 41.3 Å². The molecule has 26 heavy (non-hydrogen) atoms. The second kappa shape index (κ2) is 6.27. The van der Waals surface area contributed by atoms with Crippen molar-refractivity contribution in [3.05, 3.63) is 65.2 Å². The summed E-state index contributed by atoms with van der Waals surface area (Å²) in [5, 5.41) is 0. The zero-order valence-electron chi connectivity index (χ0n) is 15.4. The van der Waals surface area contributed by atoms with Crippen LogP contribution in [0.5, 0.6) is 0 Å². The summed E-state index contributed by atoms with van der Waals surface area (Å²) in [6.07, 6.45) is 1.81. The lowest BCUT2D eigenvalue weighted by atomic mass is 9.74. The third-order valence-electron chi connectivity index (χ3n) is 5.91. The molecule has 0 saturated carbocycles. The van der Waals surface area contributed by atoms with Crippen LogP contribution in [0.2, 0.25) is 0 Å². The van der Waals surface area contributed by atoms with E-state index in [0.29, 0.717) is 6.54 Å². The highest BCUT2D eigenvalue weighted by atomic mass is 16.2. The van der Waals surface area contributed by atoms with Gasteiger partial charge in [-0.2, -0.15) is 0 Å². The fourth-order valence-corrected chi connectivity index (χ4v) is 4.38. The quantitative estimate of drug-likeness (QED) is 0.791. The maximum Gasteiger partial charge on any atom is 0.258 e. The number of amides is 2. The van der Waals surface area contributed by atoms with Gasteiger partial charge in [-0.25, -0.2) is 0 Å². The van der Waals surface area contributed by atoms with Crippen molar-refractivity contribution in [1.82, 2.24) is 4.90 Å². The van der Waals surface area contributed by atoms with E-state index < -0.39 is 0 Å². The monoisotopic (exact) mass is 348 g/mol. The summed E-state index contributed by atoms with van der Waals surface area (Å²) in [5.41, 5.74) is 4.19. The van der Waals surface area contributed by atoms with Gasteiger partial charge in [0.2, 0.25) is 5.91 Å². The first-order chi connectivity index (χ1) is 12.5. The summed E-state index contributed by atoms with van der Waals surface area (Å²) >= 11 is 0. The van der Waals surface area contributed by atoms with E-state index in [-0.39, 0.29) is 17.2 Å². The first kappa shape index (κ1) is 16.8. The van der Waals surface area contributed by atoms with E-state index in [2.05, 4.69) is 25.1 Å². The van der Waals surface area contributed by atoms with E-state index >= 15 is 0 Å². The maximum absolute atomic E-state index is 13.2. The lowest BCUT2D eigenvalue weighted by molar-refractivity contribution is -0.130. The van der Waals surface area contributed by atoms with E-state index in [4.69, 9.17) is 0 Å². The van der Waals surface area contributed by atoms with Crippen molar-refractivity contribution in [3.8, 4) is 0 Å². The van der Waals surface area contributed by atoms with E-state index in [9.17, 15) is 9.59 Å². The molecule has 0 N–H and O–H groups in total. The second-order valence-electron chi connectivity index (χ2n) is 7.56. The van der Waals surface area contributed by atoms with Crippen molar-refractivity contribution >= 4 is 17.5 Å². The fraction of sp³-hybridized carbons (Fsp3) is 0.364. The van der Waals surface area contributed by atoms with Crippen LogP contribution in [0.4, 0.5) is 5.69 Å². The Balaban J connectivity index is 1.70. The highest BCUT2D eigenvalue weighted by molar-refractivity contribution is 6.07. The smallest absolute Gasteiger partial charge is 0.258 e. The minimum atomic E-state index is -0.0439. The number of nitrogens with zero attached hydrogens (tertiary/aromatic N) is 2. The Morgan fingerprint density at radius 3 is 2.35 bits per heavy atom. The van der Waals surface area contributed by atoms with Gasteiger partial charge in [-0.1, -0.05) is 35.9 Å². The molecular weight excluding hydrogens is 324 g/mol. The van der Waals surface area contributed by atoms with Gasteiger partial charge in [0.15, 0.2) is 0 Å². The number of fused-ring (bicyclic) bond motifs is 2. The summed E-state index contributed by atoms with van der Waals surface area (Å²) in [7, 11) is 0. The maximum atomic E-state index is 13.2. The minimum Gasteiger partial charge on any atom is -0.343 e. The van der Waals surface area contributed by atoms with Gasteiger partial charge < -0.3 is 9.80 Å². The number of hydrogen-bond acceptors (Lipinski definition) is 2. The van der Waals surface area contributed by atoms with Gasteiger partial charge in [0.1, 0.15) is 0 Å². The van der Waals surface area contributed by atoms with Crippen LogP contribution < -0.4 is 4.90 Å². The highest BCUT2D eigenvalue weighted by Crippen LogP contribution is 2.47. The van der Waals surface area contributed by atoms with Gasteiger partial charge in [0.25, 0.3) is 5.91 Å². The molecule has 4 heteroatoms. The second-order valence-corrected chi connectivity index (χ2v) is 7.56. The van der Waals surface area contributed by atoms with E-state index in [1.165, 1.54) is 11.1 Å². The van der Waals surface area contributed by atoms with Crippen molar-refractivity contribution in [1.29, 1.82) is 0 Å². The number of carbonyl (C=O) groups is 2. The SMILES string of the molecule is CC(=O)N1CCC2(CC1)CN(C(=O)c1ccccc1)c1ccc(C)cc12. The van der Waals surface area contributed by atoms with E-state index in [1.54, 1.807) is 6.92 Å². The van der Waals surface area contributed by atoms with Gasteiger partial charge in [-0.15, -0.1) is 0 Å². The Labute approximate surface area is 154 Å². The van der Waals surface area contributed by atoms with E-state index in [0.717, 1.165) is 37.2 Å². The Kier molecular flexibility index (Phi) is 4.06. The van der Waals surface area contributed by atoms with Gasteiger partial charge in [0.05, 0.1) is 0 Å². The molecule has 0 unspecified atom stereocenters. The molecule has 1 saturated heterocycles. The molecule has 0 aromatic heterocycles. The number of benzene rings is 2. The molecule has 4 rings (SSSR count). The number of anilines is 1. The van der Waals surface area contributed by atoms with Gasteiger partial charge >= 0.3 is 0 Å². The summed E-state index contributed by atoms with van der Waals surface area (Å²) in [6, 6.07) is 15.9. The summed E-state index contributed by atoms with van der Waals surface area (Å²) < 4.78 is 0. The first-order valence-electron chi connectivity index (χ1n) is 9.24. The summed E-state index contributed by atoms with van der Waals surface area (Å²) in [4.78, 5) is 28.7. The third-order valence-corrected chi connectivity index (χ3v) is 5.91.